The fraction of sp³-hybridized carbons (Fsp3) is 1.00. The molecule has 2 N–H and O–H groups in total. The number of rotatable bonds is 5. The smallest absolute Gasteiger partial charge is 0.0613 e. The molecule has 2 nitrogen and oxygen atoms in total. The maximum Gasteiger partial charge on any atom is 0.0613 e. The molecule has 1 saturated carbocycles. The van der Waals surface area contributed by atoms with Gasteiger partial charge in [-0.15, -0.1) is 0 Å². The topological polar surface area (TPSA) is 32.3 Å². The normalized spacial score (nSPS) is 34.0. The van der Waals surface area contributed by atoms with Crippen LogP contribution in [0.25, 0.3) is 0 Å². The first-order valence-electron chi connectivity index (χ1n) is 6.54. The zero-order valence-corrected chi connectivity index (χ0v) is 10.6. The minimum atomic E-state index is 0.0289. The van der Waals surface area contributed by atoms with Crippen molar-refractivity contribution in [3.63, 3.8) is 0 Å². The van der Waals surface area contributed by atoms with Crippen molar-refractivity contribution in [2.75, 3.05) is 6.61 Å². The van der Waals surface area contributed by atoms with Crippen LogP contribution in [0.4, 0.5) is 0 Å². The van der Waals surface area contributed by atoms with Gasteiger partial charge in [-0.25, -0.2) is 0 Å². The first-order valence-corrected chi connectivity index (χ1v) is 6.54. The Kier molecular flexibility index (Phi) is 5.07. The van der Waals surface area contributed by atoms with E-state index < -0.39 is 0 Å². The zero-order valence-electron chi connectivity index (χ0n) is 10.6. The van der Waals surface area contributed by atoms with Crippen LogP contribution in [0.2, 0.25) is 0 Å². The summed E-state index contributed by atoms with van der Waals surface area (Å²) in [4.78, 5) is 0. The lowest BCUT2D eigenvalue weighted by Gasteiger charge is -2.41. The maximum absolute atomic E-state index is 9.58. The van der Waals surface area contributed by atoms with Gasteiger partial charge in [0.1, 0.15) is 0 Å². The molecule has 0 aromatic carbocycles. The summed E-state index contributed by atoms with van der Waals surface area (Å²) in [6.45, 7) is 6.98. The highest BCUT2D eigenvalue weighted by Gasteiger charge is 2.34. The van der Waals surface area contributed by atoms with E-state index in [1.807, 2.05) is 0 Å². The summed E-state index contributed by atoms with van der Waals surface area (Å²) in [5, 5.41) is 13.2. The van der Waals surface area contributed by atoms with E-state index in [4.69, 9.17) is 0 Å². The van der Waals surface area contributed by atoms with Crippen molar-refractivity contribution in [1.29, 1.82) is 0 Å². The minimum Gasteiger partial charge on any atom is -0.394 e. The third-order valence-corrected chi connectivity index (χ3v) is 4.11. The lowest BCUT2D eigenvalue weighted by Crippen LogP contribution is -2.54. The predicted octanol–water partition coefficient (Wildman–Crippen LogP) is 2.71. The van der Waals surface area contributed by atoms with Gasteiger partial charge in [-0.3, -0.25) is 0 Å². The van der Waals surface area contributed by atoms with Crippen LogP contribution >= 0.6 is 0 Å². The molecule has 15 heavy (non-hydrogen) atoms. The Bertz CT molecular complexity index is 173. The Morgan fingerprint density at radius 1 is 1.33 bits per heavy atom. The lowest BCUT2D eigenvalue weighted by molar-refractivity contribution is 0.0915. The van der Waals surface area contributed by atoms with Gasteiger partial charge in [0.15, 0.2) is 0 Å². The number of nitrogens with one attached hydrogen (secondary N) is 1. The minimum absolute atomic E-state index is 0.0289. The SMILES string of the molecule is CCC1CCC(CO)(NC(C)CC)CC1. The molecule has 0 aromatic heterocycles. The summed E-state index contributed by atoms with van der Waals surface area (Å²) >= 11 is 0. The molecule has 90 valence electrons. The fourth-order valence-corrected chi connectivity index (χ4v) is 2.61. The molecule has 1 unspecified atom stereocenters. The molecule has 0 bridgehead atoms. The first kappa shape index (κ1) is 13.0. The van der Waals surface area contributed by atoms with Gasteiger partial charge in [0.05, 0.1) is 6.61 Å². The number of hydrogen-bond donors (Lipinski definition) is 2. The highest BCUT2D eigenvalue weighted by Crippen LogP contribution is 2.33. The van der Waals surface area contributed by atoms with Crippen LogP contribution in [0.5, 0.6) is 0 Å². The highest BCUT2D eigenvalue weighted by molar-refractivity contribution is 4.93. The van der Waals surface area contributed by atoms with Crippen LogP contribution in [-0.4, -0.2) is 23.3 Å². The standard InChI is InChI=1S/C13H27NO/c1-4-11(3)14-13(10-15)8-6-12(5-2)7-9-13/h11-12,14-15H,4-10H2,1-3H3. The van der Waals surface area contributed by atoms with Crippen molar-refractivity contribution in [1.82, 2.24) is 5.32 Å². The Hall–Kier alpha value is -0.0800. The molecule has 0 aromatic rings. The summed E-state index contributed by atoms with van der Waals surface area (Å²) < 4.78 is 0. The second kappa shape index (κ2) is 5.86. The van der Waals surface area contributed by atoms with E-state index >= 15 is 0 Å². The van der Waals surface area contributed by atoms with Gasteiger partial charge < -0.3 is 10.4 Å². The maximum atomic E-state index is 9.58. The molecular formula is C13H27NO. The van der Waals surface area contributed by atoms with Crippen LogP contribution in [0.15, 0.2) is 0 Å². The van der Waals surface area contributed by atoms with Crippen LogP contribution < -0.4 is 5.32 Å². The quantitative estimate of drug-likeness (QED) is 0.736. The van der Waals surface area contributed by atoms with Crippen molar-refractivity contribution < 1.29 is 5.11 Å². The Balaban J connectivity index is 2.48. The second-order valence-corrected chi connectivity index (χ2v) is 5.24. The number of aliphatic hydroxyl groups excluding tert-OH is 1. The molecule has 0 aliphatic heterocycles. The molecule has 1 rings (SSSR count). The van der Waals surface area contributed by atoms with E-state index in [9.17, 15) is 5.11 Å². The van der Waals surface area contributed by atoms with Gasteiger partial charge in [-0.05, 0) is 44.9 Å². The number of aliphatic hydroxyl groups is 1. The molecule has 1 atom stereocenters. The predicted molar refractivity (Wildman–Crippen MR) is 65.0 cm³/mol. The van der Waals surface area contributed by atoms with Crippen molar-refractivity contribution in [3.05, 3.63) is 0 Å². The molecule has 0 amide bonds. The summed E-state index contributed by atoms with van der Waals surface area (Å²) in [6.07, 6.45) is 7.28. The monoisotopic (exact) mass is 213 g/mol. The molecule has 1 fully saturated rings. The van der Waals surface area contributed by atoms with Crippen LogP contribution in [0.1, 0.15) is 59.3 Å². The van der Waals surface area contributed by atoms with Crippen LogP contribution in [0, 0.1) is 5.92 Å². The summed E-state index contributed by atoms with van der Waals surface area (Å²) in [5.41, 5.74) is 0.0289. The molecule has 2 heteroatoms. The molecule has 1 aliphatic rings. The van der Waals surface area contributed by atoms with Crippen molar-refractivity contribution >= 4 is 0 Å². The van der Waals surface area contributed by atoms with E-state index in [1.165, 1.54) is 19.3 Å². The van der Waals surface area contributed by atoms with Gasteiger partial charge in [0.25, 0.3) is 0 Å². The average Bonchev–Trinajstić information content (AvgIpc) is 2.30. The van der Waals surface area contributed by atoms with Gasteiger partial charge in [0, 0.05) is 11.6 Å². The van der Waals surface area contributed by atoms with E-state index in [0.29, 0.717) is 12.6 Å². The average molecular weight is 213 g/mol. The van der Waals surface area contributed by atoms with Crippen molar-refractivity contribution in [3.8, 4) is 0 Å². The molecule has 0 saturated heterocycles. The fourth-order valence-electron chi connectivity index (χ4n) is 2.61. The van der Waals surface area contributed by atoms with Crippen molar-refractivity contribution in [2.45, 2.75) is 70.9 Å². The second-order valence-electron chi connectivity index (χ2n) is 5.24. The molecule has 0 heterocycles. The molecule has 0 spiro atoms. The summed E-state index contributed by atoms with van der Waals surface area (Å²) in [5.74, 6) is 0.892. The van der Waals surface area contributed by atoms with E-state index in [2.05, 4.69) is 26.1 Å². The van der Waals surface area contributed by atoms with E-state index in [1.54, 1.807) is 0 Å². The molecular weight excluding hydrogens is 186 g/mol. The van der Waals surface area contributed by atoms with E-state index in [0.717, 1.165) is 25.2 Å². The molecule has 1 aliphatic carbocycles. The van der Waals surface area contributed by atoms with E-state index in [-0.39, 0.29) is 5.54 Å². The lowest BCUT2D eigenvalue weighted by atomic mass is 9.75. The van der Waals surface area contributed by atoms with Gasteiger partial charge in [-0.1, -0.05) is 20.3 Å². The summed E-state index contributed by atoms with van der Waals surface area (Å²) in [7, 11) is 0. The van der Waals surface area contributed by atoms with Crippen molar-refractivity contribution in [2.24, 2.45) is 5.92 Å². The Labute approximate surface area is 94.5 Å². The Morgan fingerprint density at radius 2 is 1.93 bits per heavy atom. The number of hydrogen-bond acceptors (Lipinski definition) is 2. The van der Waals surface area contributed by atoms with Crippen LogP contribution in [-0.2, 0) is 0 Å². The summed E-state index contributed by atoms with van der Waals surface area (Å²) in [6, 6.07) is 0.523. The Morgan fingerprint density at radius 3 is 2.33 bits per heavy atom. The third kappa shape index (κ3) is 3.46. The third-order valence-electron chi connectivity index (χ3n) is 4.11. The highest BCUT2D eigenvalue weighted by atomic mass is 16.3. The largest absolute Gasteiger partial charge is 0.394 e. The van der Waals surface area contributed by atoms with Gasteiger partial charge >= 0.3 is 0 Å². The van der Waals surface area contributed by atoms with Gasteiger partial charge in [-0.2, -0.15) is 0 Å². The molecule has 0 radical (unpaired) electrons. The first-order chi connectivity index (χ1) is 7.15. The van der Waals surface area contributed by atoms with Crippen LogP contribution in [0.3, 0.4) is 0 Å². The zero-order chi connectivity index (χ0) is 11.3. The van der Waals surface area contributed by atoms with Gasteiger partial charge in [0.2, 0.25) is 0 Å².